The molecule has 0 N–H and O–H groups in total. The van der Waals surface area contributed by atoms with Crippen molar-refractivity contribution >= 4 is 83.6 Å². The van der Waals surface area contributed by atoms with Gasteiger partial charge in [0.25, 0.3) is 0 Å². The normalized spacial score (nSPS) is 13.7. The van der Waals surface area contributed by atoms with E-state index in [1.807, 2.05) is 12.1 Å². The quantitative estimate of drug-likeness (QED) is 0.310. The average molecular weight is 488 g/mol. The maximum atomic E-state index is 12.1. The summed E-state index contributed by atoms with van der Waals surface area (Å²) >= 11 is 6.03. The van der Waals surface area contributed by atoms with Crippen molar-refractivity contribution < 1.29 is 4.79 Å². The third-order valence-electron chi connectivity index (χ3n) is 3.39. The summed E-state index contributed by atoms with van der Waals surface area (Å²) in [5.74, 6) is 0. The Morgan fingerprint density at radius 1 is 0.947 bits per heavy atom. The summed E-state index contributed by atoms with van der Waals surface area (Å²) in [6, 6.07) is 12.6. The first-order valence-corrected chi connectivity index (χ1v) is 8.69. The second-order valence-electron chi connectivity index (χ2n) is 4.48. The van der Waals surface area contributed by atoms with E-state index in [0.29, 0.717) is 0 Å². The molecule has 19 heavy (non-hydrogen) atoms. The molecule has 0 fully saturated rings. The van der Waals surface area contributed by atoms with Crippen LogP contribution in [-0.2, 0) is 0 Å². The predicted molar refractivity (Wildman–Crippen MR) is 97.1 cm³/mol. The third kappa shape index (κ3) is 1.76. The van der Waals surface area contributed by atoms with E-state index in [4.69, 9.17) is 0 Å². The summed E-state index contributed by atoms with van der Waals surface area (Å²) in [5.41, 5.74) is 0.858. The summed E-state index contributed by atoms with van der Waals surface area (Å²) in [5, 5.41) is 4.90. The second kappa shape index (κ2) is 4.33. The van der Waals surface area contributed by atoms with Crippen LogP contribution in [0.2, 0.25) is 0 Å². The highest BCUT2D eigenvalue weighted by Gasteiger charge is 2.26. The van der Waals surface area contributed by atoms with E-state index in [2.05, 4.69) is 69.4 Å². The molecule has 4 heteroatoms. The number of hydrogen-bond donors (Lipinski definition) is 0. The van der Waals surface area contributed by atoms with Gasteiger partial charge in [0, 0.05) is 23.0 Å². The molecular formula is C15H6I2OS. The number of fused-ring (bicyclic) bond motifs is 2. The Hall–Kier alpha value is -0.340. The predicted octanol–water partition coefficient (Wildman–Crippen LogP) is 5.45. The highest BCUT2D eigenvalue weighted by molar-refractivity contribution is 14.1. The first-order valence-electron chi connectivity index (χ1n) is 5.72. The Kier molecular flexibility index (Phi) is 2.82. The van der Waals surface area contributed by atoms with Gasteiger partial charge in [0.2, 0.25) is 5.12 Å². The molecule has 0 aromatic heterocycles. The van der Waals surface area contributed by atoms with Crippen LogP contribution in [0.3, 0.4) is 0 Å². The van der Waals surface area contributed by atoms with Crippen LogP contribution >= 0.6 is 56.9 Å². The topological polar surface area (TPSA) is 17.1 Å². The van der Waals surface area contributed by atoms with E-state index in [1.165, 1.54) is 35.1 Å². The molecule has 3 aromatic rings. The van der Waals surface area contributed by atoms with E-state index in [0.717, 1.165) is 15.8 Å². The van der Waals surface area contributed by atoms with Gasteiger partial charge >= 0.3 is 0 Å². The van der Waals surface area contributed by atoms with Gasteiger partial charge in [-0.15, -0.1) is 0 Å². The number of carbonyl (C=O) groups excluding carboxylic acids is 1. The Balaban J connectivity index is 2.31. The lowest BCUT2D eigenvalue weighted by Crippen LogP contribution is -1.88. The summed E-state index contributed by atoms with van der Waals surface area (Å²) in [6.45, 7) is 0. The Labute approximate surface area is 141 Å². The number of hydrogen-bond acceptors (Lipinski definition) is 2. The lowest BCUT2D eigenvalue weighted by atomic mass is 10.0. The van der Waals surface area contributed by atoms with Crippen molar-refractivity contribution in [3.05, 3.63) is 49.1 Å². The highest BCUT2D eigenvalue weighted by Crippen LogP contribution is 2.46. The van der Waals surface area contributed by atoms with E-state index in [-0.39, 0.29) is 5.12 Å². The minimum Gasteiger partial charge on any atom is -0.281 e. The molecule has 0 spiro atoms. The fourth-order valence-corrected chi connectivity index (χ4v) is 4.72. The van der Waals surface area contributed by atoms with Crippen LogP contribution in [-0.4, -0.2) is 5.12 Å². The fourth-order valence-electron chi connectivity index (χ4n) is 2.54. The van der Waals surface area contributed by atoms with Gasteiger partial charge in [0.05, 0.1) is 0 Å². The molecule has 0 radical (unpaired) electrons. The van der Waals surface area contributed by atoms with Crippen LogP contribution in [0.15, 0.2) is 41.3 Å². The van der Waals surface area contributed by atoms with Gasteiger partial charge in [-0.3, -0.25) is 4.79 Å². The highest BCUT2D eigenvalue weighted by atomic mass is 127. The van der Waals surface area contributed by atoms with Crippen molar-refractivity contribution in [3.63, 3.8) is 0 Å². The Morgan fingerprint density at radius 2 is 1.79 bits per heavy atom. The number of rotatable bonds is 0. The molecule has 3 aromatic carbocycles. The van der Waals surface area contributed by atoms with Crippen molar-refractivity contribution in [2.45, 2.75) is 4.90 Å². The fraction of sp³-hybridized carbons (Fsp3) is 0. The van der Waals surface area contributed by atoms with Gasteiger partial charge in [0.15, 0.2) is 0 Å². The van der Waals surface area contributed by atoms with E-state index >= 15 is 0 Å². The van der Waals surface area contributed by atoms with Crippen molar-refractivity contribution in [2.75, 3.05) is 0 Å². The van der Waals surface area contributed by atoms with Crippen LogP contribution in [0.25, 0.3) is 21.5 Å². The number of carbonyl (C=O) groups is 1. The number of thioether (sulfide) groups is 1. The molecule has 0 saturated carbocycles. The zero-order valence-electron chi connectivity index (χ0n) is 9.54. The monoisotopic (exact) mass is 488 g/mol. The minimum atomic E-state index is 0.169. The zero-order chi connectivity index (χ0) is 13.1. The smallest absolute Gasteiger partial charge is 0.224 e. The standard InChI is InChI=1S/C15H6I2OS/c16-8-2-1-7-5-11-12(17)4-3-9-13(11)14(10(7)6-8)19-15(9)18/h1-6H. The van der Waals surface area contributed by atoms with Crippen LogP contribution < -0.4 is 0 Å². The minimum absolute atomic E-state index is 0.169. The largest absolute Gasteiger partial charge is 0.281 e. The van der Waals surface area contributed by atoms with E-state index < -0.39 is 0 Å². The van der Waals surface area contributed by atoms with E-state index in [1.54, 1.807) is 0 Å². The lowest BCUT2D eigenvalue weighted by molar-refractivity contribution is 0.109. The number of benzene rings is 3. The van der Waals surface area contributed by atoms with Gasteiger partial charge in [0.1, 0.15) is 0 Å². The average Bonchev–Trinajstić information content (AvgIpc) is 2.72. The summed E-state index contributed by atoms with van der Waals surface area (Å²) < 4.78 is 2.40. The zero-order valence-corrected chi connectivity index (χ0v) is 14.7. The van der Waals surface area contributed by atoms with Crippen molar-refractivity contribution in [3.8, 4) is 0 Å². The third-order valence-corrected chi connectivity index (χ3v) is 6.04. The van der Waals surface area contributed by atoms with Gasteiger partial charge in [-0.2, -0.15) is 0 Å². The Morgan fingerprint density at radius 3 is 2.63 bits per heavy atom. The van der Waals surface area contributed by atoms with Crippen molar-refractivity contribution in [2.24, 2.45) is 0 Å². The van der Waals surface area contributed by atoms with Gasteiger partial charge in [-0.25, -0.2) is 0 Å². The van der Waals surface area contributed by atoms with Crippen LogP contribution in [0.5, 0.6) is 0 Å². The van der Waals surface area contributed by atoms with Crippen molar-refractivity contribution in [1.82, 2.24) is 0 Å². The first kappa shape index (κ1) is 12.4. The molecule has 1 heterocycles. The molecule has 92 valence electrons. The molecular weight excluding hydrogens is 482 g/mol. The molecule has 4 rings (SSSR count). The van der Waals surface area contributed by atoms with Crippen molar-refractivity contribution in [1.29, 1.82) is 0 Å². The summed E-state index contributed by atoms with van der Waals surface area (Å²) in [7, 11) is 0. The molecule has 0 aliphatic carbocycles. The van der Waals surface area contributed by atoms with Gasteiger partial charge < -0.3 is 0 Å². The molecule has 1 aliphatic rings. The lowest BCUT2D eigenvalue weighted by Gasteiger charge is -2.07. The second-order valence-corrected chi connectivity index (χ2v) is 7.87. The molecule has 0 amide bonds. The van der Waals surface area contributed by atoms with Crippen LogP contribution in [0.1, 0.15) is 10.4 Å². The molecule has 1 nitrogen and oxygen atoms in total. The SMILES string of the molecule is O=C1Sc2c3cc(I)ccc3cc3c(I)ccc1c23. The van der Waals surface area contributed by atoms with Gasteiger partial charge in [-0.1, -0.05) is 6.07 Å². The molecule has 0 atom stereocenters. The Bertz CT molecular complexity index is 886. The molecule has 0 saturated heterocycles. The first-order chi connectivity index (χ1) is 9.15. The van der Waals surface area contributed by atoms with Crippen LogP contribution in [0.4, 0.5) is 0 Å². The van der Waals surface area contributed by atoms with E-state index in [9.17, 15) is 4.79 Å². The molecule has 0 unspecified atom stereocenters. The summed E-state index contributed by atoms with van der Waals surface area (Å²) in [4.78, 5) is 13.3. The van der Waals surface area contributed by atoms with Crippen LogP contribution in [0, 0.1) is 7.14 Å². The maximum absolute atomic E-state index is 12.1. The number of halogens is 2. The maximum Gasteiger partial charge on any atom is 0.224 e. The van der Waals surface area contributed by atoms with Gasteiger partial charge in [-0.05, 0) is 103 Å². The molecule has 0 bridgehead atoms. The summed E-state index contributed by atoms with van der Waals surface area (Å²) in [6.07, 6.45) is 0. The molecule has 1 aliphatic heterocycles.